The van der Waals surface area contributed by atoms with Gasteiger partial charge in [-0.25, -0.2) is 0 Å². The highest BCUT2D eigenvalue weighted by molar-refractivity contribution is 5.73. The molecule has 1 fully saturated rings. The molecule has 19 heavy (non-hydrogen) atoms. The van der Waals surface area contributed by atoms with Crippen molar-refractivity contribution in [1.82, 2.24) is 4.90 Å². The normalized spacial score (nSPS) is 17.4. The number of ether oxygens (including phenoxy) is 1. The first-order valence-electron chi connectivity index (χ1n) is 7.21. The largest absolute Gasteiger partial charge is 0.492 e. The number of nitrogen functional groups attached to an aromatic ring is 1. The molecule has 1 aliphatic rings. The van der Waals surface area contributed by atoms with E-state index < -0.39 is 0 Å². The quantitative estimate of drug-likeness (QED) is 0.775. The van der Waals surface area contributed by atoms with E-state index in [4.69, 9.17) is 10.5 Å². The average molecular weight is 263 g/mol. The number of rotatable bonds is 6. The van der Waals surface area contributed by atoms with Gasteiger partial charge in [-0.05, 0) is 51.9 Å². The molecule has 1 aromatic rings. The van der Waals surface area contributed by atoms with Crippen molar-refractivity contribution in [3.8, 4) is 5.75 Å². The summed E-state index contributed by atoms with van der Waals surface area (Å²) < 4.78 is 5.52. The fraction of sp³-hybridized carbons (Fsp3) is 0.600. The van der Waals surface area contributed by atoms with E-state index in [0.29, 0.717) is 18.3 Å². The first-order valence-corrected chi connectivity index (χ1v) is 7.21. The van der Waals surface area contributed by atoms with Crippen molar-refractivity contribution in [2.45, 2.75) is 32.7 Å². The molecule has 3 N–H and O–H groups in total. The number of nitrogens with two attached hydrogens (primary N) is 1. The van der Waals surface area contributed by atoms with Crippen molar-refractivity contribution in [1.29, 1.82) is 0 Å². The number of hydrogen-bond acceptors (Lipinski definition) is 4. The lowest BCUT2D eigenvalue weighted by Crippen LogP contribution is -2.33. The number of benzene rings is 1. The zero-order chi connectivity index (χ0) is 13.7. The van der Waals surface area contributed by atoms with E-state index in [9.17, 15) is 0 Å². The molecular formula is C15H25N3O. The molecule has 0 saturated carbocycles. The second kappa shape index (κ2) is 6.66. The van der Waals surface area contributed by atoms with Gasteiger partial charge in [-0.2, -0.15) is 0 Å². The van der Waals surface area contributed by atoms with Crippen LogP contribution in [0.4, 0.5) is 11.4 Å². The first-order chi connectivity index (χ1) is 9.20. The lowest BCUT2D eigenvalue weighted by molar-refractivity contribution is 0.327. The summed E-state index contributed by atoms with van der Waals surface area (Å²) in [5, 5.41) is 3.49. The van der Waals surface area contributed by atoms with Gasteiger partial charge in [0.1, 0.15) is 5.75 Å². The van der Waals surface area contributed by atoms with Crippen molar-refractivity contribution in [3.63, 3.8) is 0 Å². The smallest absolute Gasteiger partial charge is 0.144 e. The van der Waals surface area contributed by atoms with E-state index in [1.165, 1.54) is 25.9 Å². The molecule has 1 saturated heterocycles. The maximum absolute atomic E-state index is 6.12. The molecule has 0 amide bonds. The second-order valence-electron chi connectivity index (χ2n) is 5.20. The SMILES string of the molecule is CCOc1cccc(NC(C)CN2CCCC2)c1N. The van der Waals surface area contributed by atoms with E-state index in [1.807, 2.05) is 25.1 Å². The summed E-state index contributed by atoms with van der Waals surface area (Å²) in [6.45, 7) is 8.32. The van der Waals surface area contributed by atoms with Crippen LogP contribution in [-0.4, -0.2) is 37.2 Å². The Labute approximate surface area is 115 Å². The molecule has 0 aromatic heterocycles. The third-order valence-electron chi connectivity index (χ3n) is 3.50. The molecule has 1 aromatic carbocycles. The van der Waals surface area contributed by atoms with Crippen LogP contribution in [0.3, 0.4) is 0 Å². The van der Waals surface area contributed by atoms with Crippen LogP contribution >= 0.6 is 0 Å². The van der Waals surface area contributed by atoms with Crippen LogP contribution in [0.25, 0.3) is 0 Å². The van der Waals surface area contributed by atoms with Crippen LogP contribution in [0.15, 0.2) is 18.2 Å². The minimum atomic E-state index is 0.386. The number of nitrogens with one attached hydrogen (secondary N) is 1. The predicted octanol–water partition coefficient (Wildman–Crippen LogP) is 2.56. The van der Waals surface area contributed by atoms with Crippen molar-refractivity contribution in [3.05, 3.63) is 18.2 Å². The van der Waals surface area contributed by atoms with Gasteiger partial charge >= 0.3 is 0 Å². The number of para-hydroxylation sites is 1. The molecule has 4 nitrogen and oxygen atoms in total. The number of likely N-dealkylation sites (tertiary alicyclic amines) is 1. The Morgan fingerprint density at radius 1 is 1.37 bits per heavy atom. The fourth-order valence-electron chi connectivity index (χ4n) is 2.61. The summed E-state index contributed by atoms with van der Waals surface area (Å²) in [4.78, 5) is 2.50. The number of anilines is 2. The summed E-state index contributed by atoms with van der Waals surface area (Å²) in [5.41, 5.74) is 7.80. The molecular weight excluding hydrogens is 238 g/mol. The van der Waals surface area contributed by atoms with E-state index in [-0.39, 0.29) is 0 Å². The van der Waals surface area contributed by atoms with Gasteiger partial charge < -0.3 is 20.7 Å². The lowest BCUT2D eigenvalue weighted by Gasteiger charge is -2.23. The van der Waals surface area contributed by atoms with Gasteiger partial charge in [-0.1, -0.05) is 6.07 Å². The molecule has 1 heterocycles. The van der Waals surface area contributed by atoms with E-state index in [1.54, 1.807) is 0 Å². The maximum Gasteiger partial charge on any atom is 0.144 e. The standard InChI is InChI=1S/C15H25N3O/c1-3-19-14-8-6-7-13(15(14)16)17-12(2)11-18-9-4-5-10-18/h6-8,12,17H,3-5,9-11,16H2,1-2H3. The van der Waals surface area contributed by atoms with Crippen molar-refractivity contribution in [2.75, 3.05) is 37.3 Å². The van der Waals surface area contributed by atoms with Gasteiger partial charge in [0, 0.05) is 12.6 Å². The summed E-state index contributed by atoms with van der Waals surface area (Å²) in [6, 6.07) is 6.29. The summed E-state index contributed by atoms with van der Waals surface area (Å²) in [5.74, 6) is 0.765. The van der Waals surface area contributed by atoms with Crippen LogP contribution in [0.5, 0.6) is 5.75 Å². The van der Waals surface area contributed by atoms with Crippen molar-refractivity contribution in [2.24, 2.45) is 0 Å². The monoisotopic (exact) mass is 263 g/mol. The van der Waals surface area contributed by atoms with Gasteiger partial charge in [0.25, 0.3) is 0 Å². The maximum atomic E-state index is 6.12. The van der Waals surface area contributed by atoms with Gasteiger partial charge in [0.15, 0.2) is 0 Å². The molecule has 4 heteroatoms. The molecule has 1 aliphatic heterocycles. The Balaban J connectivity index is 1.95. The van der Waals surface area contributed by atoms with Gasteiger partial charge in [-0.3, -0.25) is 0 Å². The van der Waals surface area contributed by atoms with Gasteiger partial charge in [-0.15, -0.1) is 0 Å². The lowest BCUT2D eigenvalue weighted by atomic mass is 10.2. The molecule has 0 spiro atoms. The molecule has 0 radical (unpaired) electrons. The third kappa shape index (κ3) is 3.77. The highest BCUT2D eigenvalue weighted by Crippen LogP contribution is 2.29. The van der Waals surface area contributed by atoms with Crippen LogP contribution in [0.1, 0.15) is 26.7 Å². The number of nitrogens with zero attached hydrogens (tertiary/aromatic N) is 1. The Morgan fingerprint density at radius 3 is 2.79 bits per heavy atom. The Morgan fingerprint density at radius 2 is 2.11 bits per heavy atom. The van der Waals surface area contributed by atoms with Crippen LogP contribution < -0.4 is 15.8 Å². The zero-order valence-corrected chi connectivity index (χ0v) is 12.0. The minimum absolute atomic E-state index is 0.386. The fourth-order valence-corrected chi connectivity index (χ4v) is 2.61. The van der Waals surface area contributed by atoms with Gasteiger partial charge in [0.2, 0.25) is 0 Å². The third-order valence-corrected chi connectivity index (χ3v) is 3.50. The molecule has 0 bridgehead atoms. The molecule has 1 atom stereocenters. The minimum Gasteiger partial charge on any atom is -0.492 e. The second-order valence-corrected chi connectivity index (χ2v) is 5.20. The molecule has 0 aliphatic carbocycles. The highest BCUT2D eigenvalue weighted by atomic mass is 16.5. The van der Waals surface area contributed by atoms with Gasteiger partial charge in [0.05, 0.1) is 18.0 Å². The Hall–Kier alpha value is -1.42. The van der Waals surface area contributed by atoms with Crippen molar-refractivity contribution < 1.29 is 4.74 Å². The molecule has 2 rings (SSSR count). The van der Waals surface area contributed by atoms with E-state index in [2.05, 4.69) is 17.1 Å². The van der Waals surface area contributed by atoms with E-state index >= 15 is 0 Å². The van der Waals surface area contributed by atoms with E-state index in [0.717, 1.165) is 18.0 Å². The summed E-state index contributed by atoms with van der Waals surface area (Å²) in [7, 11) is 0. The molecule has 106 valence electrons. The Bertz CT molecular complexity index is 402. The summed E-state index contributed by atoms with van der Waals surface area (Å²) >= 11 is 0. The zero-order valence-electron chi connectivity index (χ0n) is 12.0. The first kappa shape index (κ1) is 14.0. The highest BCUT2D eigenvalue weighted by Gasteiger charge is 2.15. The van der Waals surface area contributed by atoms with Crippen LogP contribution in [0.2, 0.25) is 0 Å². The Kier molecular flexibility index (Phi) is 4.91. The van der Waals surface area contributed by atoms with Crippen molar-refractivity contribution >= 4 is 11.4 Å². The predicted molar refractivity (Wildman–Crippen MR) is 80.8 cm³/mol. The molecule has 1 unspecified atom stereocenters. The van der Waals surface area contributed by atoms with Crippen LogP contribution in [-0.2, 0) is 0 Å². The summed E-state index contributed by atoms with van der Waals surface area (Å²) in [6.07, 6.45) is 2.66. The number of hydrogen-bond donors (Lipinski definition) is 2. The topological polar surface area (TPSA) is 50.5 Å². The average Bonchev–Trinajstić information content (AvgIpc) is 2.87. The van der Waals surface area contributed by atoms with Crippen LogP contribution in [0, 0.1) is 0 Å².